The summed E-state index contributed by atoms with van der Waals surface area (Å²) in [6, 6.07) is 6.01. The van der Waals surface area contributed by atoms with Crippen molar-refractivity contribution in [2.75, 3.05) is 11.4 Å². The maximum Gasteiger partial charge on any atom is 0.249 e. The lowest BCUT2D eigenvalue weighted by Crippen LogP contribution is -2.50. The minimum atomic E-state index is -0.599. The summed E-state index contributed by atoms with van der Waals surface area (Å²) in [5.74, 6) is -0.372. The van der Waals surface area contributed by atoms with E-state index in [2.05, 4.69) is 5.32 Å². The normalized spacial score (nSPS) is 20.0. The van der Waals surface area contributed by atoms with Crippen molar-refractivity contribution >= 4 is 29.1 Å². The summed E-state index contributed by atoms with van der Waals surface area (Å²) in [5.41, 5.74) is 6.54. The molecule has 3 N–H and O–H groups in total. The second kappa shape index (κ2) is 6.45. The van der Waals surface area contributed by atoms with Gasteiger partial charge in [-0.1, -0.05) is 31.5 Å². The van der Waals surface area contributed by atoms with Gasteiger partial charge in [-0.2, -0.15) is 0 Å². The molecule has 1 aromatic rings. The largest absolute Gasteiger partial charge is 0.343 e. The number of hydrogen-bond acceptors (Lipinski definition) is 3. The summed E-state index contributed by atoms with van der Waals surface area (Å²) in [7, 11) is 0. The summed E-state index contributed by atoms with van der Waals surface area (Å²) >= 11 is 5.94. The van der Waals surface area contributed by atoms with Crippen LogP contribution in [0.3, 0.4) is 0 Å². The van der Waals surface area contributed by atoms with Crippen LogP contribution >= 0.6 is 11.6 Å². The highest BCUT2D eigenvalue weighted by Crippen LogP contribution is 2.24. The molecule has 1 aromatic carbocycles. The average Bonchev–Trinajstić information content (AvgIpc) is 2.79. The molecule has 0 radical (unpaired) electrons. The van der Waals surface area contributed by atoms with Gasteiger partial charge in [-0.15, -0.1) is 0 Å². The number of hydrogen-bond donors (Lipinski definition) is 2. The summed E-state index contributed by atoms with van der Waals surface area (Å²) in [5, 5.41) is 3.31. The van der Waals surface area contributed by atoms with Crippen molar-refractivity contribution in [1.29, 1.82) is 0 Å². The van der Waals surface area contributed by atoms with Crippen molar-refractivity contribution in [2.24, 2.45) is 11.7 Å². The van der Waals surface area contributed by atoms with Crippen LogP contribution in [0.1, 0.15) is 20.3 Å². The molecule has 1 heterocycles. The van der Waals surface area contributed by atoms with Gasteiger partial charge in [0, 0.05) is 17.3 Å². The van der Waals surface area contributed by atoms with Gasteiger partial charge in [-0.05, 0) is 30.5 Å². The maximum absolute atomic E-state index is 12.4. The zero-order chi connectivity index (χ0) is 15.6. The number of nitrogens with two attached hydrogens (primary N) is 1. The summed E-state index contributed by atoms with van der Waals surface area (Å²) in [4.78, 5) is 26.0. The van der Waals surface area contributed by atoms with Crippen molar-refractivity contribution in [2.45, 2.75) is 32.4 Å². The monoisotopic (exact) mass is 309 g/mol. The lowest BCUT2D eigenvalue weighted by atomic mass is 10.0. The van der Waals surface area contributed by atoms with Crippen LogP contribution in [0.4, 0.5) is 5.69 Å². The minimum Gasteiger partial charge on any atom is -0.343 e. The predicted octanol–water partition coefficient (Wildman–Crippen LogP) is 1.54. The molecule has 1 unspecified atom stereocenters. The maximum atomic E-state index is 12.4. The highest BCUT2D eigenvalue weighted by Gasteiger charge is 2.34. The van der Waals surface area contributed by atoms with Gasteiger partial charge in [-0.3, -0.25) is 9.59 Å². The fraction of sp³-hybridized carbons (Fsp3) is 0.467. The van der Waals surface area contributed by atoms with Crippen LogP contribution in [-0.2, 0) is 9.59 Å². The fourth-order valence-corrected chi connectivity index (χ4v) is 2.47. The standard InChI is InChI=1S/C15H20ClN3O2/c1-9(2)13(17)14(20)18-12-6-7-19(15(12)21)11-5-3-4-10(16)8-11/h3-5,8-9,12-13H,6-7,17H2,1-2H3,(H,18,20)/t12?,13-/m0/s1. The van der Waals surface area contributed by atoms with Crippen molar-refractivity contribution in [1.82, 2.24) is 5.32 Å². The molecule has 1 aliphatic heterocycles. The number of rotatable bonds is 4. The highest BCUT2D eigenvalue weighted by atomic mass is 35.5. The SMILES string of the molecule is CC(C)[C@H](N)C(=O)NC1CCN(c2cccc(Cl)c2)C1=O. The Morgan fingerprint density at radius 3 is 2.81 bits per heavy atom. The van der Waals surface area contributed by atoms with Crippen LogP contribution in [-0.4, -0.2) is 30.4 Å². The number of nitrogens with zero attached hydrogens (tertiary/aromatic N) is 1. The molecule has 2 atom stereocenters. The van der Waals surface area contributed by atoms with Crippen LogP contribution in [0, 0.1) is 5.92 Å². The summed E-state index contributed by atoms with van der Waals surface area (Å²) < 4.78 is 0. The molecule has 1 aliphatic rings. The number of halogens is 1. The van der Waals surface area contributed by atoms with Crippen molar-refractivity contribution in [3.8, 4) is 0 Å². The molecule has 21 heavy (non-hydrogen) atoms. The van der Waals surface area contributed by atoms with Crippen LogP contribution < -0.4 is 16.0 Å². The number of anilines is 1. The van der Waals surface area contributed by atoms with Gasteiger partial charge in [0.15, 0.2) is 0 Å². The second-order valence-corrected chi connectivity index (χ2v) is 6.03. The number of nitrogens with one attached hydrogen (secondary N) is 1. The topological polar surface area (TPSA) is 75.4 Å². The van der Waals surface area contributed by atoms with Gasteiger partial charge in [0.25, 0.3) is 0 Å². The van der Waals surface area contributed by atoms with E-state index >= 15 is 0 Å². The Balaban J connectivity index is 2.03. The fourth-order valence-electron chi connectivity index (χ4n) is 2.28. The van der Waals surface area contributed by atoms with Gasteiger partial charge in [0.2, 0.25) is 11.8 Å². The first-order valence-electron chi connectivity index (χ1n) is 7.03. The lowest BCUT2D eigenvalue weighted by molar-refractivity contribution is -0.127. The number of carbonyl (C=O) groups excluding carboxylic acids is 2. The molecule has 6 heteroatoms. The zero-order valence-corrected chi connectivity index (χ0v) is 12.9. The highest BCUT2D eigenvalue weighted by molar-refractivity contribution is 6.31. The van der Waals surface area contributed by atoms with Gasteiger partial charge in [0.1, 0.15) is 6.04 Å². The summed E-state index contributed by atoms with van der Waals surface area (Å²) in [6.07, 6.45) is 0.571. The number of carbonyl (C=O) groups is 2. The molecule has 0 aliphatic carbocycles. The molecule has 0 bridgehead atoms. The quantitative estimate of drug-likeness (QED) is 0.886. The third kappa shape index (κ3) is 3.54. The van der Waals surface area contributed by atoms with E-state index in [1.54, 1.807) is 23.1 Å². The average molecular weight is 310 g/mol. The van der Waals surface area contributed by atoms with E-state index in [4.69, 9.17) is 17.3 Å². The molecule has 2 amide bonds. The second-order valence-electron chi connectivity index (χ2n) is 5.59. The Bertz CT molecular complexity index is 547. The van der Waals surface area contributed by atoms with E-state index in [1.807, 2.05) is 19.9 Å². The minimum absolute atomic E-state index is 0.0329. The lowest BCUT2D eigenvalue weighted by Gasteiger charge is -2.20. The van der Waals surface area contributed by atoms with E-state index in [0.29, 0.717) is 18.0 Å². The smallest absolute Gasteiger partial charge is 0.249 e. The first kappa shape index (κ1) is 15.8. The van der Waals surface area contributed by atoms with E-state index in [9.17, 15) is 9.59 Å². The third-order valence-electron chi connectivity index (χ3n) is 3.66. The molecular formula is C15H20ClN3O2. The van der Waals surface area contributed by atoms with Gasteiger partial charge < -0.3 is 16.0 Å². The Hall–Kier alpha value is -1.59. The molecule has 0 aromatic heterocycles. The van der Waals surface area contributed by atoms with Crippen LogP contribution in [0.25, 0.3) is 0 Å². The molecule has 5 nitrogen and oxygen atoms in total. The Kier molecular flexibility index (Phi) is 4.85. The van der Waals surface area contributed by atoms with E-state index in [-0.39, 0.29) is 17.7 Å². The first-order valence-corrected chi connectivity index (χ1v) is 7.41. The first-order chi connectivity index (χ1) is 9.90. The Morgan fingerprint density at radius 2 is 2.19 bits per heavy atom. The van der Waals surface area contributed by atoms with Crippen molar-refractivity contribution in [3.05, 3.63) is 29.3 Å². The van der Waals surface area contributed by atoms with E-state index < -0.39 is 12.1 Å². The van der Waals surface area contributed by atoms with Crippen molar-refractivity contribution in [3.63, 3.8) is 0 Å². The van der Waals surface area contributed by atoms with Crippen LogP contribution in [0.2, 0.25) is 5.02 Å². The van der Waals surface area contributed by atoms with Crippen LogP contribution in [0.15, 0.2) is 24.3 Å². The van der Waals surface area contributed by atoms with Crippen molar-refractivity contribution < 1.29 is 9.59 Å². The molecular weight excluding hydrogens is 290 g/mol. The molecule has 2 rings (SSSR count). The molecule has 0 saturated carbocycles. The zero-order valence-electron chi connectivity index (χ0n) is 12.2. The number of benzene rings is 1. The Labute approximate surface area is 129 Å². The van der Waals surface area contributed by atoms with Gasteiger partial charge in [-0.25, -0.2) is 0 Å². The molecule has 114 valence electrons. The van der Waals surface area contributed by atoms with Gasteiger partial charge >= 0.3 is 0 Å². The third-order valence-corrected chi connectivity index (χ3v) is 3.90. The van der Waals surface area contributed by atoms with E-state index in [1.165, 1.54) is 0 Å². The van der Waals surface area contributed by atoms with Gasteiger partial charge in [0.05, 0.1) is 6.04 Å². The van der Waals surface area contributed by atoms with E-state index in [0.717, 1.165) is 5.69 Å². The number of amides is 2. The molecule has 1 fully saturated rings. The molecule has 1 saturated heterocycles. The Morgan fingerprint density at radius 1 is 1.48 bits per heavy atom. The van der Waals surface area contributed by atoms with Crippen LogP contribution in [0.5, 0.6) is 0 Å². The predicted molar refractivity (Wildman–Crippen MR) is 83.2 cm³/mol. The summed E-state index contributed by atoms with van der Waals surface area (Å²) in [6.45, 7) is 4.30. The molecule has 0 spiro atoms.